The highest BCUT2D eigenvalue weighted by Crippen LogP contribution is 2.38. The molecule has 2 heteroatoms. The van der Waals surface area contributed by atoms with Gasteiger partial charge in [-0.25, -0.2) is 0 Å². The van der Waals surface area contributed by atoms with Crippen LogP contribution in [0.25, 0.3) is 0 Å². The lowest BCUT2D eigenvalue weighted by Gasteiger charge is -2.27. The Morgan fingerprint density at radius 2 is 1.79 bits per heavy atom. The Balaban J connectivity index is 1.99. The molecule has 0 radical (unpaired) electrons. The Hall–Kier alpha value is 0.180. The number of allylic oxidation sites excluding steroid dienone is 1. The molecule has 1 saturated carbocycles. The second kappa shape index (κ2) is 4.80. The molecule has 0 amide bonds. The minimum atomic E-state index is -0.146. The summed E-state index contributed by atoms with van der Waals surface area (Å²) in [6.07, 6.45) is 9.77. The van der Waals surface area contributed by atoms with Gasteiger partial charge in [-0.1, -0.05) is 35.2 Å². The lowest BCUT2D eigenvalue weighted by Crippen LogP contribution is -2.24. The highest BCUT2D eigenvalue weighted by Gasteiger charge is 2.27. The van der Waals surface area contributed by atoms with Gasteiger partial charge in [-0.05, 0) is 48.1 Å². The maximum absolute atomic E-state index is 10.3. The molecule has 0 spiro atoms. The lowest BCUT2D eigenvalue weighted by atomic mass is 9.82. The summed E-state index contributed by atoms with van der Waals surface area (Å²) in [6, 6.07) is 0. The van der Waals surface area contributed by atoms with Crippen molar-refractivity contribution in [2.75, 3.05) is 0 Å². The van der Waals surface area contributed by atoms with E-state index >= 15 is 0 Å². The Labute approximate surface area is 94.7 Å². The van der Waals surface area contributed by atoms with Crippen LogP contribution < -0.4 is 0 Å². The first kappa shape index (κ1) is 10.7. The molecule has 0 aliphatic heterocycles. The van der Waals surface area contributed by atoms with Gasteiger partial charge in [-0.3, -0.25) is 0 Å². The van der Waals surface area contributed by atoms with Crippen LogP contribution in [0.5, 0.6) is 0 Å². The van der Waals surface area contributed by atoms with Crippen molar-refractivity contribution in [1.29, 1.82) is 0 Å². The van der Waals surface area contributed by atoms with Crippen LogP contribution in [0.4, 0.5) is 0 Å². The van der Waals surface area contributed by atoms with E-state index in [-0.39, 0.29) is 6.10 Å². The first-order valence-corrected chi connectivity index (χ1v) is 6.64. The maximum Gasteiger partial charge on any atom is 0.0788 e. The van der Waals surface area contributed by atoms with Gasteiger partial charge in [0.2, 0.25) is 0 Å². The topological polar surface area (TPSA) is 20.2 Å². The quantitative estimate of drug-likeness (QED) is 0.800. The highest BCUT2D eigenvalue weighted by atomic mass is 79.9. The number of hydrogen-bond donors (Lipinski definition) is 1. The number of aliphatic hydroxyl groups excluding tert-OH is 1. The van der Waals surface area contributed by atoms with E-state index in [1.54, 1.807) is 0 Å². The standard InChI is InChI=1S/C12H19BrO/c13-11-8-4-7-10(11)12(14)9-5-2-1-3-6-9/h9,12,14H,1-8H2. The van der Waals surface area contributed by atoms with Crippen LogP contribution >= 0.6 is 15.9 Å². The van der Waals surface area contributed by atoms with Crippen molar-refractivity contribution in [2.24, 2.45) is 5.92 Å². The molecule has 0 aromatic rings. The summed E-state index contributed by atoms with van der Waals surface area (Å²) in [5, 5.41) is 10.3. The molecule has 0 heterocycles. The van der Waals surface area contributed by atoms with E-state index in [1.807, 2.05) is 0 Å². The Morgan fingerprint density at radius 1 is 1.07 bits per heavy atom. The number of hydrogen-bond acceptors (Lipinski definition) is 1. The first-order chi connectivity index (χ1) is 6.79. The molecule has 1 nitrogen and oxygen atoms in total. The molecule has 0 aromatic heterocycles. The Bertz CT molecular complexity index is 228. The fourth-order valence-electron chi connectivity index (χ4n) is 2.77. The summed E-state index contributed by atoms with van der Waals surface area (Å²) in [6.45, 7) is 0. The van der Waals surface area contributed by atoms with Gasteiger partial charge in [-0.2, -0.15) is 0 Å². The highest BCUT2D eigenvalue weighted by molar-refractivity contribution is 9.11. The van der Waals surface area contributed by atoms with Gasteiger partial charge in [-0.15, -0.1) is 0 Å². The fraction of sp³-hybridized carbons (Fsp3) is 0.833. The minimum absolute atomic E-state index is 0.146. The van der Waals surface area contributed by atoms with E-state index in [0.717, 1.165) is 12.8 Å². The molecule has 1 unspecified atom stereocenters. The monoisotopic (exact) mass is 258 g/mol. The van der Waals surface area contributed by atoms with Crippen molar-refractivity contribution in [3.05, 3.63) is 10.1 Å². The second-order valence-electron chi connectivity index (χ2n) is 4.63. The van der Waals surface area contributed by atoms with Crippen molar-refractivity contribution in [2.45, 2.75) is 57.5 Å². The molecule has 14 heavy (non-hydrogen) atoms. The number of halogens is 1. The predicted molar refractivity (Wildman–Crippen MR) is 62.4 cm³/mol. The number of aliphatic hydroxyl groups is 1. The van der Waals surface area contributed by atoms with Gasteiger partial charge in [0.25, 0.3) is 0 Å². The summed E-state index contributed by atoms with van der Waals surface area (Å²) in [5.74, 6) is 0.546. The van der Waals surface area contributed by atoms with Gasteiger partial charge < -0.3 is 5.11 Å². The molecule has 80 valence electrons. The van der Waals surface area contributed by atoms with Crippen LogP contribution in [0.15, 0.2) is 10.1 Å². The zero-order chi connectivity index (χ0) is 9.97. The van der Waals surface area contributed by atoms with Crippen molar-refractivity contribution < 1.29 is 5.11 Å². The van der Waals surface area contributed by atoms with E-state index in [1.165, 1.54) is 48.6 Å². The second-order valence-corrected chi connectivity index (χ2v) is 5.58. The largest absolute Gasteiger partial charge is 0.388 e. The first-order valence-electron chi connectivity index (χ1n) is 5.84. The molecule has 0 bridgehead atoms. The Morgan fingerprint density at radius 3 is 2.36 bits per heavy atom. The maximum atomic E-state index is 10.3. The summed E-state index contributed by atoms with van der Waals surface area (Å²) >= 11 is 3.59. The smallest absolute Gasteiger partial charge is 0.0788 e. The van der Waals surface area contributed by atoms with Gasteiger partial charge in [0, 0.05) is 0 Å². The van der Waals surface area contributed by atoms with Crippen LogP contribution in [-0.4, -0.2) is 11.2 Å². The predicted octanol–water partition coefficient (Wildman–Crippen LogP) is 3.76. The summed E-state index contributed by atoms with van der Waals surface area (Å²) < 4.78 is 1.29. The van der Waals surface area contributed by atoms with Gasteiger partial charge in [0.05, 0.1) is 6.10 Å². The Kier molecular flexibility index (Phi) is 3.67. The van der Waals surface area contributed by atoms with E-state index in [9.17, 15) is 5.11 Å². The fourth-order valence-corrected chi connectivity index (χ4v) is 3.49. The van der Waals surface area contributed by atoms with Crippen molar-refractivity contribution in [1.82, 2.24) is 0 Å². The van der Waals surface area contributed by atoms with E-state index in [2.05, 4.69) is 15.9 Å². The average molecular weight is 259 g/mol. The average Bonchev–Trinajstić information content (AvgIpc) is 2.65. The van der Waals surface area contributed by atoms with E-state index in [0.29, 0.717) is 5.92 Å². The molecule has 1 atom stereocenters. The molecule has 0 saturated heterocycles. The lowest BCUT2D eigenvalue weighted by molar-refractivity contribution is 0.113. The van der Waals surface area contributed by atoms with Gasteiger partial charge >= 0.3 is 0 Å². The van der Waals surface area contributed by atoms with Crippen molar-refractivity contribution in [3.63, 3.8) is 0 Å². The van der Waals surface area contributed by atoms with E-state index < -0.39 is 0 Å². The summed E-state index contributed by atoms with van der Waals surface area (Å²) in [7, 11) is 0. The van der Waals surface area contributed by atoms with Gasteiger partial charge in [0.1, 0.15) is 0 Å². The summed E-state index contributed by atoms with van der Waals surface area (Å²) in [4.78, 5) is 0. The van der Waals surface area contributed by atoms with Crippen LogP contribution in [0.2, 0.25) is 0 Å². The SMILES string of the molecule is OC(C1=C(Br)CCC1)C1CCCCC1. The molecular weight excluding hydrogens is 240 g/mol. The van der Waals surface area contributed by atoms with Crippen LogP contribution in [-0.2, 0) is 0 Å². The zero-order valence-electron chi connectivity index (χ0n) is 8.64. The molecular formula is C12H19BrO. The van der Waals surface area contributed by atoms with Gasteiger partial charge in [0.15, 0.2) is 0 Å². The molecule has 2 aliphatic carbocycles. The normalized spacial score (nSPS) is 27.0. The molecule has 2 rings (SSSR count). The van der Waals surface area contributed by atoms with Crippen LogP contribution in [0.1, 0.15) is 51.4 Å². The third-order valence-corrected chi connectivity index (χ3v) is 4.55. The van der Waals surface area contributed by atoms with Crippen LogP contribution in [0, 0.1) is 5.92 Å². The summed E-state index contributed by atoms with van der Waals surface area (Å²) in [5.41, 5.74) is 1.30. The van der Waals surface area contributed by atoms with Crippen molar-refractivity contribution >= 4 is 15.9 Å². The third kappa shape index (κ3) is 2.22. The van der Waals surface area contributed by atoms with E-state index in [4.69, 9.17) is 0 Å². The van der Waals surface area contributed by atoms with Crippen LogP contribution in [0.3, 0.4) is 0 Å². The van der Waals surface area contributed by atoms with Crippen molar-refractivity contribution in [3.8, 4) is 0 Å². The zero-order valence-corrected chi connectivity index (χ0v) is 10.2. The number of rotatable bonds is 2. The molecule has 1 fully saturated rings. The molecule has 2 aliphatic rings. The minimum Gasteiger partial charge on any atom is -0.388 e. The third-order valence-electron chi connectivity index (χ3n) is 3.64. The molecule has 0 aromatic carbocycles. The molecule has 1 N–H and O–H groups in total.